The molecular weight excluding hydrogens is 350 g/mol. The number of sulfonamides is 1. The van der Waals surface area contributed by atoms with Crippen LogP contribution in [0.15, 0.2) is 18.2 Å². The fourth-order valence-electron chi connectivity index (χ4n) is 4.45. The predicted octanol–water partition coefficient (Wildman–Crippen LogP) is 2.34. The minimum absolute atomic E-state index is 0.295. The second kappa shape index (κ2) is 6.55. The van der Waals surface area contributed by atoms with Crippen molar-refractivity contribution >= 4 is 20.9 Å². The van der Waals surface area contributed by atoms with Crippen LogP contribution in [0.4, 0.5) is 0 Å². The number of methoxy groups -OCH3 is 1. The predicted molar refractivity (Wildman–Crippen MR) is 103 cm³/mol. The Kier molecular flexibility index (Phi) is 4.49. The Balaban J connectivity index is 1.60. The molecule has 0 amide bonds. The summed E-state index contributed by atoms with van der Waals surface area (Å²) in [6, 6.07) is 6.40. The SMILES string of the molecule is COc1ccc2[nH]c(CN3C[C@@H]4CC[C@H]3CN(S(C)(=O)=O)C4)c(C)c2c1. The van der Waals surface area contributed by atoms with Crippen molar-refractivity contribution in [3.05, 3.63) is 29.5 Å². The van der Waals surface area contributed by atoms with Gasteiger partial charge in [0, 0.05) is 48.8 Å². The quantitative estimate of drug-likeness (QED) is 0.888. The number of fused-ring (bicyclic) bond motifs is 5. The van der Waals surface area contributed by atoms with E-state index >= 15 is 0 Å². The zero-order valence-corrected chi connectivity index (χ0v) is 16.5. The third-order valence-corrected chi connectivity index (χ3v) is 7.23. The minimum Gasteiger partial charge on any atom is -0.497 e. The molecule has 1 aromatic carbocycles. The van der Waals surface area contributed by atoms with Gasteiger partial charge in [0.1, 0.15) is 5.75 Å². The molecule has 3 aliphatic rings. The average Bonchev–Trinajstić information content (AvgIpc) is 2.78. The van der Waals surface area contributed by atoms with Crippen LogP contribution in [0.5, 0.6) is 5.75 Å². The van der Waals surface area contributed by atoms with Crippen molar-refractivity contribution in [2.75, 3.05) is 33.0 Å². The average molecular weight is 378 g/mol. The van der Waals surface area contributed by atoms with Gasteiger partial charge in [-0.1, -0.05) is 0 Å². The van der Waals surface area contributed by atoms with Crippen molar-refractivity contribution < 1.29 is 13.2 Å². The van der Waals surface area contributed by atoms with Crippen molar-refractivity contribution in [1.29, 1.82) is 0 Å². The van der Waals surface area contributed by atoms with E-state index in [-0.39, 0.29) is 0 Å². The van der Waals surface area contributed by atoms with Crippen molar-refractivity contribution in [2.24, 2.45) is 5.92 Å². The van der Waals surface area contributed by atoms with Gasteiger partial charge in [0.15, 0.2) is 0 Å². The number of aryl methyl sites for hydroxylation is 1. The molecular formula is C19H27N3O3S. The second-order valence-corrected chi connectivity index (χ2v) is 9.73. The van der Waals surface area contributed by atoms with E-state index in [1.165, 1.54) is 22.9 Å². The van der Waals surface area contributed by atoms with Crippen LogP contribution in [-0.2, 0) is 16.6 Å². The van der Waals surface area contributed by atoms with Crippen molar-refractivity contribution in [2.45, 2.75) is 32.4 Å². The lowest BCUT2D eigenvalue weighted by molar-refractivity contribution is 0.124. The lowest BCUT2D eigenvalue weighted by Gasteiger charge is -2.36. The lowest BCUT2D eigenvalue weighted by Crippen LogP contribution is -2.43. The number of piperidine rings is 1. The molecule has 2 aromatic rings. The summed E-state index contributed by atoms with van der Waals surface area (Å²) in [5, 5.41) is 1.19. The molecule has 1 N–H and O–H groups in total. The highest BCUT2D eigenvalue weighted by Gasteiger charge is 2.37. The number of hydrogen-bond acceptors (Lipinski definition) is 4. The molecule has 26 heavy (non-hydrogen) atoms. The van der Waals surface area contributed by atoms with Crippen LogP contribution >= 0.6 is 0 Å². The number of rotatable bonds is 4. The van der Waals surface area contributed by atoms with E-state index in [9.17, 15) is 8.42 Å². The van der Waals surface area contributed by atoms with Gasteiger partial charge in [-0.05, 0) is 49.4 Å². The number of nitrogens with one attached hydrogen (secondary N) is 1. The Hall–Kier alpha value is -1.57. The van der Waals surface area contributed by atoms with Crippen LogP contribution in [0.1, 0.15) is 24.1 Å². The van der Waals surface area contributed by atoms with Gasteiger partial charge in [-0.15, -0.1) is 0 Å². The van der Waals surface area contributed by atoms with E-state index in [1.54, 1.807) is 11.4 Å². The van der Waals surface area contributed by atoms with Gasteiger partial charge in [-0.25, -0.2) is 12.7 Å². The zero-order chi connectivity index (χ0) is 18.5. The number of aromatic amines is 1. The van der Waals surface area contributed by atoms with Gasteiger partial charge in [-0.3, -0.25) is 4.90 Å². The van der Waals surface area contributed by atoms with E-state index in [1.807, 2.05) is 6.07 Å². The van der Waals surface area contributed by atoms with Crippen LogP contribution < -0.4 is 4.74 Å². The Morgan fingerprint density at radius 2 is 2.04 bits per heavy atom. The molecule has 2 bridgehead atoms. The van der Waals surface area contributed by atoms with E-state index < -0.39 is 10.0 Å². The third kappa shape index (κ3) is 3.23. The van der Waals surface area contributed by atoms with Gasteiger partial charge in [0.05, 0.1) is 13.4 Å². The largest absolute Gasteiger partial charge is 0.497 e. The fraction of sp³-hybridized carbons (Fsp3) is 0.579. The third-order valence-electron chi connectivity index (χ3n) is 5.99. The highest BCUT2D eigenvalue weighted by atomic mass is 32.2. The maximum Gasteiger partial charge on any atom is 0.211 e. The molecule has 0 radical (unpaired) electrons. The number of ether oxygens (including phenoxy) is 1. The number of hydrogen-bond donors (Lipinski definition) is 1. The molecule has 3 saturated heterocycles. The maximum atomic E-state index is 12.0. The number of benzene rings is 1. The minimum atomic E-state index is -3.12. The summed E-state index contributed by atoms with van der Waals surface area (Å²) in [4.78, 5) is 6.02. The number of aromatic nitrogens is 1. The highest BCUT2D eigenvalue weighted by molar-refractivity contribution is 7.88. The molecule has 0 spiro atoms. The Bertz CT molecular complexity index is 921. The van der Waals surface area contributed by atoms with Gasteiger partial charge >= 0.3 is 0 Å². The Morgan fingerprint density at radius 1 is 1.23 bits per heavy atom. The molecule has 4 heterocycles. The van der Waals surface area contributed by atoms with Crippen LogP contribution in [-0.4, -0.2) is 61.6 Å². The van der Waals surface area contributed by atoms with Crippen molar-refractivity contribution in [3.8, 4) is 5.75 Å². The first-order chi connectivity index (χ1) is 12.3. The summed E-state index contributed by atoms with van der Waals surface area (Å²) in [5.74, 6) is 1.29. The fourth-order valence-corrected chi connectivity index (χ4v) is 5.37. The lowest BCUT2D eigenvalue weighted by atomic mass is 9.94. The first-order valence-electron chi connectivity index (χ1n) is 9.19. The molecule has 3 aliphatic heterocycles. The first kappa shape index (κ1) is 17.8. The van der Waals surface area contributed by atoms with Gasteiger partial charge in [0.2, 0.25) is 10.0 Å². The molecule has 0 aliphatic carbocycles. The molecule has 142 valence electrons. The van der Waals surface area contributed by atoms with E-state index in [4.69, 9.17) is 4.74 Å². The summed E-state index contributed by atoms with van der Waals surface area (Å²) < 4.78 is 31.1. The van der Waals surface area contributed by atoms with Crippen LogP contribution in [0.3, 0.4) is 0 Å². The molecule has 7 heteroatoms. The topological polar surface area (TPSA) is 65.6 Å². The molecule has 2 atom stereocenters. The molecule has 3 fully saturated rings. The second-order valence-electron chi connectivity index (χ2n) is 7.75. The standard InChI is InChI=1S/C19H27N3O3S/c1-13-17-8-16(25-2)6-7-18(17)20-19(13)12-21-9-14-4-5-15(21)11-22(10-14)26(3,23)24/h6-8,14-15,20H,4-5,9-12H2,1-3H3/t14-,15-/m0/s1. The molecule has 0 unspecified atom stereocenters. The highest BCUT2D eigenvalue weighted by Crippen LogP contribution is 2.32. The van der Waals surface area contributed by atoms with E-state index in [0.717, 1.165) is 37.2 Å². The van der Waals surface area contributed by atoms with Gasteiger partial charge < -0.3 is 9.72 Å². The number of nitrogens with zero attached hydrogens (tertiary/aromatic N) is 2. The summed E-state index contributed by atoms with van der Waals surface area (Å²) in [6.45, 7) is 5.22. The molecule has 6 nitrogen and oxygen atoms in total. The van der Waals surface area contributed by atoms with Crippen LogP contribution in [0, 0.1) is 12.8 Å². The summed E-state index contributed by atoms with van der Waals surface area (Å²) in [6.07, 6.45) is 3.52. The van der Waals surface area contributed by atoms with Gasteiger partial charge in [0.25, 0.3) is 0 Å². The summed E-state index contributed by atoms with van der Waals surface area (Å²) >= 11 is 0. The summed E-state index contributed by atoms with van der Waals surface area (Å²) in [5.41, 5.74) is 3.58. The van der Waals surface area contributed by atoms with E-state index in [2.05, 4.69) is 28.9 Å². The van der Waals surface area contributed by atoms with Crippen molar-refractivity contribution in [3.63, 3.8) is 0 Å². The Morgan fingerprint density at radius 3 is 2.77 bits per heavy atom. The van der Waals surface area contributed by atoms with Crippen LogP contribution in [0.25, 0.3) is 10.9 Å². The van der Waals surface area contributed by atoms with Crippen molar-refractivity contribution in [1.82, 2.24) is 14.2 Å². The normalized spacial score (nSPS) is 24.9. The Labute approximate surface area is 155 Å². The maximum absolute atomic E-state index is 12.0. The molecule has 0 saturated carbocycles. The van der Waals surface area contributed by atoms with Crippen LogP contribution in [0.2, 0.25) is 0 Å². The van der Waals surface area contributed by atoms with Gasteiger partial charge in [-0.2, -0.15) is 0 Å². The smallest absolute Gasteiger partial charge is 0.211 e. The monoisotopic (exact) mass is 377 g/mol. The molecule has 1 aromatic heterocycles. The summed E-state index contributed by atoms with van der Waals surface area (Å²) in [7, 11) is -1.44. The van der Waals surface area contributed by atoms with E-state index in [0.29, 0.717) is 25.0 Å². The number of H-pyrrole nitrogens is 1. The zero-order valence-electron chi connectivity index (χ0n) is 15.7. The first-order valence-corrected chi connectivity index (χ1v) is 11.0. The molecule has 5 rings (SSSR count).